The fourth-order valence-electron chi connectivity index (χ4n) is 2.20. The zero-order valence-corrected chi connectivity index (χ0v) is 9.74. The molecule has 1 aromatic rings. The van der Waals surface area contributed by atoms with Crippen LogP contribution in [0.4, 0.5) is 24.5 Å². The molecule has 3 nitrogen and oxygen atoms in total. The molecular weight excluding hydrogens is 245 g/mol. The van der Waals surface area contributed by atoms with Gasteiger partial charge in [-0.2, -0.15) is 13.2 Å². The van der Waals surface area contributed by atoms with Crippen LogP contribution < -0.4 is 10.6 Å². The highest BCUT2D eigenvalue weighted by Gasteiger charge is 2.34. The molecule has 1 unspecified atom stereocenters. The summed E-state index contributed by atoms with van der Waals surface area (Å²) >= 11 is 0. The van der Waals surface area contributed by atoms with Crippen molar-refractivity contribution >= 4 is 11.4 Å². The Balaban J connectivity index is 2.25. The Morgan fingerprint density at radius 3 is 2.67 bits per heavy atom. The highest BCUT2D eigenvalue weighted by Crippen LogP contribution is 2.36. The number of aliphatic hydroxyl groups excluding tert-OH is 1. The average molecular weight is 260 g/mol. The summed E-state index contributed by atoms with van der Waals surface area (Å²) in [6.07, 6.45) is -3.64. The van der Waals surface area contributed by atoms with E-state index in [1.54, 1.807) is 6.07 Å². The second-order valence-electron chi connectivity index (χ2n) is 4.55. The SMILES string of the molecule is Nc1ccc(N2CCC(CO)C2)cc1C(F)(F)F. The number of nitrogens with zero attached hydrogens (tertiary/aromatic N) is 1. The molecule has 0 amide bonds. The quantitative estimate of drug-likeness (QED) is 0.801. The summed E-state index contributed by atoms with van der Waals surface area (Å²) in [5.74, 6) is 0.136. The van der Waals surface area contributed by atoms with Gasteiger partial charge in [0.1, 0.15) is 0 Å². The summed E-state index contributed by atoms with van der Waals surface area (Å²) in [7, 11) is 0. The normalized spacial score (nSPS) is 20.4. The zero-order valence-electron chi connectivity index (χ0n) is 9.74. The van der Waals surface area contributed by atoms with Gasteiger partial charge in [0.25, 0.3) is 0 Å². The lowest BCUT2D eigenvalue weighted by atomic mass is 10.1. The number of nitrogens with two attached hydrogens (primary N) is 1. The molecule has 0 spiro atoms. The van der Waals surface area contributed by atoms with Gasteiger partial charge < -0.3 is 15.7 Å². The van der Waals surface area contributed by atoms with Gasteiger partial charge in [-0.3, -0.25) is 0 Å². The van der Waals surface area contributed by atoms with E-state index in [0.717, 1.165) is 12.5 Å². The van der Waals surface area contributed by atoms with Gasteiger partial charge in [0.2, 0.25) is 0 Å². The molecule has 0 bridgehead atoms. The number of halogens is 3. The maximum atomic E-state index is 12.7. The first-order chi connectivity index (χ1) is 8.41. The summed E-state index contributed by atoms with van der Waals surface area (Å²) in [4.78, 5) is 1.84. The van der Waals surface area contributed by atoms with Crippen LogP contribution in [0.15, 0.2) is 18.2 Å². The van der Waals surface area contributed by atoms with Crippen molar-refractivity contribution in [1.82, 2.24) is 0 Å². The van der Waals surface area contributed by atoms with Crippen LogP contribution in [0.5, 0.6) is 0 Å². The smallest absolute Gasteiger partial charge is 0.398 e. The third kappa shape index (κ3) is 2.53. The first-order valence-corrected chi connectivity index (χ1v) is 5.74. The highest BCUT2D eigenvalue weighted by molar-refractivity contribution is 5.60. The highest BCUT2D eigenvalue weighted by atomic mass is 19.4. The minimum absolute atomic E-state index is 0.0671. The van der Waals surface area contributed by atoms with E-state index in [2.05, 4.69) is 0 Å². The second-order valence-corrected chi connectivity index (χ2v) is 4.55. The van der Waals surface area contributed by atoms with Crippen molar-refractivity contribution in [3.05, 3.63) is 23.8 Å². The van der Waals surface area contributed by atoms with E-state index in [-0.39, 0.29) is 18.2 Å². The first kappa shape index (κ1) is 13.0. The van der Waals surface area contributed by atoms with Crippen molar-refractivity contribution in [2.75, 3.05) is 30.3 Å². The first-order valence-electron chi connectivity index (χ1n) is 5.74. The largest absolute Gasteiger partial charge is 0.418 e. The Morgan fingerprint density at radius 2 is 2.11 bits per heavy atom. The van der Waals surface area contributed by atoms with Crippen LogP contribution in [-0.4, -0.2) is 24.8 Å². The number of alkyl halides is 3. The number of rotatable bonds is 2. The third-order valence-corrected chi connectivity index (χ3v) is 3.25. The van der Waals surface area contributed by atoms with E-state index in [9.17, 15) is 13.2 Å². The summed E-state index contributed by atoms with van der Waals surface area (Å²) < 4.78 is 38.2. The van der Waals surface area contributed by atoms with Gasteiger partial charge in [0.05, 0.1) is 5.56 Å². The molecule has 1 aliphatic heterocycles. The molecule has 3 N–H and O–H groups in total. The van der Waals surface area contributed by atoms with Crippen LogP contribution in [0.3, 0.4) is 0 Å². The predicted octanol–water partition coefficient (Wildman–Crippen LogP) is 2.11. The van der Waals surface area contributed by atoms with E-state index in [4.69, 9.17) is 10.8 Å². The Labute approximate surface area is 103 Å². The maximum Gasteiger partial charge on any atom is 0.418 e. The summed E-state index contributed by atoms with van der Waals surface area (Å²) in [6, 6.07) is 3.95. The monoisotopic (exact) mass is 260 g/mol. The molecule has 0 aliphatic carbocycles. The molecule has 2 rings (SSSR count). The topological polar surface area (TPSA) is 49.5 Å². The van der Waals surface area contributed by atoms with E-state index in [1.165, 1.54) is 6.07 Å². The van der Waals surface area contributed by atoms with E-state index >= 15 is 0 Å². The van der Waals surface area contributed by atoms with Crippen LogP contribution in [0, 0.1) is 5.92 Å². The van der Waals surface area contributed by atoms with Crippen molar-refractivity contribution in [1.29, 1.82) is 0 Å². The molecule has 6 heteroatoms. The standard InChI is InChI=1S/C12H15F3N2O/c13-12(14,15)10-5-9(1-2-11(10)16)17-4-3-8(6-17)7-18/h1-2,5,8,18H,3-4,6-7,16H2. The fourth-order valence-corrected chi connectivity index (χ4v) is 2.20. The van der Waals surface area contributed by atoms with Gasteiger partial charge in [0.15, 0.2) is 0 Å². The molecule has 0 aromatic heterocycles. The van der Waals surface area contributed by atoms with Gasteiger partial charge in [-0.25, -0.2) is 0 Å². The summed E-state index contributed by atoms with van der Waals surface area (Å²) in [5.41, 5.74) is 4.80. The van der Waals surface area contributed by atoms with Crippen molar-refractivity contribution < 1.29 is 18.3 Å². The molecular formula is C12H15F3N2O. The molecule has 1 aliphatic rings. The molecule has 0 saturated carbocycles. The van der Waals surface area contributed by atoms with Crippen LogP contribution in [0.2, 0.25) is 0 Å². The van der Waals surface area contributed by atoms with Gasteiger partial charge in [-0.1, -0.05) is 0 Å². The molecule has 1 fully saturated rings. The molecule has 1 atom stereocenters. The maximum absolute atomic E-state index is 12.7. The Hall–Kier alpha value is -1.43. The minimum Gasteiger partial charge on any atom is -0.398 e. The van der Waals surface area contributed by atoms with Gasteiger partial charge >= 0.3 is 6.18 Å². The third-order valence-electron chi connectivity index (χ3n) is 3.25. The summed E-state index contributed by atoms with van der Waals surface area (Å²) in [6.45, 7) is 1.31. The van der Waals surface area contributed by atoms with E-state index < -0.39 is 11.7 Å². The lowest BCUT2D eigenvalue weighted by Crippen LogP contribution is -2.21. The molecule has 1 heterocycles. The Kier molecular flexibility index (Phi) is 3.38. The van der Waals surface area contributed by atoms with Gasteiger partial charge in [-0.05, 0) is 24.6 Å². The lowest BCUT2D eigenvalue weighted by molar-refractivity contribution is -0.136. The number of hydrogen-bond acceptors (Lipinski definition) is 3. The Morgan fingerprint density at radius 1 is 1.39 bits per heavy atom. The van der Waals surface area contributed by atoms with Crippen LogP contribution >= 0.6 is 0 Å². The van der Waals surface area contributed by atoms with Crippen molar-refractivity contribution in [3.63, 3.8) is 0 Å². The lowest BCUT2D eigenvalue weighted by Gasteiger charge is -2.20. The second kappa shape index (κ2) is 4.68. The molecule has 1 aromatic carbocycles. The number of anilines is 2. The minimum atomic E-state index is -4.43. The number of hydrogen-bond donors (Lipinski definition) is 2. The van der Waals surface area contributed by atoms with Crippen LogP contribution in [0.1, 0.15) is 12.0 Å². The number of aliphatic hydroxyl groups is 1. The van der Waals surface area contributed by atoms with Crippen LogP contribution in [0.25, 0.3) is 0 Å². The van der Waals surface area contributed by atoms with Gasteiger partial charge in [-0.15, -0.1) is 0 Å². The van der Waals surface area contributed by atoms with E-state index in [1.807, 2.05) is 4.90 Å². The number of benzene rings is 1. The van der Waals surface area contributed by atoms with Crippen molar-refractivity contribution in [2.24, 2.45) is 5.92 Å². The van der Waals surface area contributed by atoms with E-state index in [0.29, 0.717) is 18.8 Å². The Bertz CT molecular complexity index is 434. The number of nitrogen functional groups attached to an aromatic ring is 1. The molecule has 0 radical (unpaired) electrons. The molecule has 1 saturated heterocycles. The van der Waals surface area contributed by atoms with Crippen LogP contribution in [-0.2, 0) is 6.18 Å². The molecule has 18 heavy (non-hydrogen) atoms. The average Bonchev–Trinajstić information content (AvgIpc) is 2.76. The predicted molar refractivity (Wildman–Crippen MR) is 63.3 cm³/mol. The van der Waals surface area contributed by atoms with Crippen molar-refractivity contribution in [2.45, 2.75) is 12.6 Å². The van der Waals surface area contributed by atoms with Gasteiger partial charge in [0, 0.05) is 37.0 Å². The fraction of sp³-hybridized carbons (Fsp3) is 0.500. The van der Waals surface area contributed by atoms with Crippen molar-refractivity contribution in [3.8, 4) is 0 Å². The molecule has 100 valence electrons. The summed E-state index contributed by atoms with van der Waals surface area (Å²) in [5, 5.41) is 9.03. The zero-order chi connectivity index (χ0) is 13.3.